The summed E-state index contributed by atoms with van der Waals surface area (Å²) in [7, 11) is 0. The zero-order valence-electron chi connectivity index (χ0n) is 39.1. The highest BCUT2D eigenvalue weighted by molar-refractivity contribution is 5.71. The van der Waals surface area contributed by atoms with Gasteiger partial charge in [0, 0.05) is 19.3 Å². The molecule has 6 heteroatoms. The second-order valence-electron chi connectivity index (χ2n) is 18.6. The Morgan fingerprint density at radius 2 is 0.614 bits per heavy atom. The molecule has 0 fully saturated rings. The Hall–Kier alpha value is -1.59. The smallest absolute Gasteiger partial charge is 0.306 e. The number of esters is 3. The lowest BCUT2D eigenvalue weighted by molar-refractivity contribution is -0.167. The van der Waals surface area contributed by atoms with Crippen LogP contribution in [0.25, 0.3) is 0 Å². The van der Waals surface area contributed by atoms with Gasteiger partial charge in [-0.2, -0.15) is 0 Å². The third-order valence-corrected chi connectivity index (χ3v) is 11.8. The van der Waals surface area contributed by atoms with Crippen LogP contribution in [0.15, 0.2) is 0 Å². The van der Waals surface area contributed by atoms with Gasteiger partial charge in [0.25, 0.3) is 0 Å². The zero-order chi connectivity index (χ0) is 42.0. The molecule has 0 aromatic carbocycles. The number of carbonyl (C=O) groups excluding carboxylic acids is 3. The Labute approximate surface area is 355 Å². The molecule has 1 unspecified atom stereocenters. The Bertz CT molecular complexity index is 885. The minimum absolute atomic E-state index is 0.0662. The molecule has 2 atom stereocenters. The van der Waals surface area contributed by atoms with Crippen molar-refractivity contribution >= 4 is 17.9 Å². The molecular formula is C51H98O6. The Balaban J connectivity index is 4.28. The first-order chi connectivity index (χ1) is 27.6. The van der Waals surface area contributed by atoms with E-state index in [2.05, 4.69) is 41.5 Å². The summed E-state index contributed by atoms with van der Waals surface area (Å²) in [4.78, 5) is 37.8. The molecule has 57 heavy (non-hydrogen) atoms. The van der Waals surface area contributed by atoms with Gasteiger partial charge < -0.3 is 14.2 Å². The molecular weight excluding hydrogens is 709 g/mol. The van der Waals surface area contributed by atoms with Crippen molar-refractivity contribution in [1.82, 2.24) is 0 Å². The summed E-state index contributed by atoms with van der Waals surface area (Å²) < 4.78 is 16.8. The molecule has 0 rings (SSSR count). The van der Waals surface area contributed by atoms with Crippen LogP contribution in [-0.2, 0) is 28.6 Å². The van der Waals surface area contributed by atoms with E-state index in [9.17, 15) is 14.4 Å². The molecule has 0 aromatic rings. The fourth-order valence-corrected chi connectivity index (χ4v) is 7.55. The van der Waals surface area contributed by atoms with Crippen LogP contribution in [0.5, 0.6) is 0 Å². The molecule has 0 spiro atoms. The third kappa shape index (κ3) is 43.8. The first-order valence-corrected chi connectivity index (χ1v) is 25.1. The Morgan fingerprint density at radius 3 is 0.912 bits per heavy atom. The molecule has 0 bridgehead atoms. The second-order valence-corrected chi connectivity index (χ2v) is 18.6. The maximum atomic E-state index is 12.8. The lowest BCUT2D eigenvalue weighted by Gasteiger charge is -2.18. The molecule has 0 amide bonds. The molecule has 0 aliphatic rings. The number of rotatable bonds is 44. The fraction of sp³-hybridized carbons (Fsp3) is 0.941. The minimum Gasteiger partial charge on any atom is -0.462 e. The largest absolute Gasteiger partial charge is 0.462 e. The fourth-order valence-electron chi connectivity index (χ4n) is 7.55. The molecule has 0 saturated carbocycles. The molecule has 6 nitrogen and oxygen atoms in total. The highest BCUT2D eigenvalue weighted by Gasteiger charge is 2.19. The van der Waals surface area contributed by atoms with E-state index in [0.29, 0.717) is 19.3 Å². The number of hydrogen-bond acceptors (Lipinski definition) is 6. The highest BCUT2D eigenvalue weighted by atomic mass is 16.6. The topological polar surface area (TPSA) is 78.9 Å². The van der Waals surface area contributed by atoms with Crippen LogP contribution in [0.2, 0.25) is 0 Å². The van der Waals surface area contributed by atoms with Crippen molar-refractivity contribution in [3.8, 4) is 0 Å². The normalized spacial score (nSPS) is 12.6. The monoisotopic (exact) mass is 807 g/mol. The van der Waals surface area contributed by atoms with E-state index in [-0.39, 0.29) is 31.1 Å². The van der Waals surface area contributed by atoms with Crippen molar-refractivity contribution in [2.24, 2.45) is 17.8 Å². The summed E-state index contributed by atoms with van der Waals surface area (Å²) in [6.07, 6.45) is 41.0. The van der Waals surface area contributed by atoms with Gasteiger partial charge in [0.2, 0.25) is 0 Å². The van der Waals surface area contributed by atoms with Gasteiger partial charge in [-0.05, 0) is 37.0 Å². The van der Waals surface area contributed by atoms with Crippen LogP contribution >= 0.6 is 0 Å². The van der Waals surface area contributed by atoms with Crippen LogP contribution in [0.3, 0.4) is 0 Å². The summed E-state index contributed by atoms with van der Waals surface area (Å²) in [5.74, 6) is 1.60. The van der Waals surface area contributed by atoms with Crippen LogP contribution in [0.1, 0.15) is 273 Å². The van der Waals surface area contributed by atoms with E-state index >= 15 is 0 Å². The molecule has 0 aliphatic carbocycles. The number of carbonyl (C=O) groups is 3. The van der Waals surface area contributed by atoms with E-state index < -0.39 is 6.10 Å². The van der Waals surface area contributed by atoms with Crippen molar-refractivity contribution in [2.75, 3.05) is 13.2 Å². The van der Waals surface area contributed by atoms with E-state index in [1.54, 1.807) is 0 Å². The quantitative estimate of drug-likeness (QED) is 0.0347. The summed E-state index contributed by atoms with van der Waals surface area (Å²) >= 11 is 0. The maximum absolute atomic E-state index is 12.8. The molecule has 0 aromatic heterocycles. The predicted octanol–water partition coefficient (Wildman–Crippen LogP) is 16.0. The summed E-state index contributed by atoms with van der Waals surface area (Å²) in [5.41, 5.74) is 0. The van der Waals surface area contributed by atoms with Gasteiger partial charge >= 0.3 is 17.9 Å². The lowest BCUT2D eigenvalue weighted by atomic mass is 10.00. The third-order valence-electron chi connectivity index (χ3n) is 11.8. The molecule has 0 heterocycles. The van der Waals surface area contributed by atoms with Crippen molar-refractivity contribution in [3.63, 3.8) is 0 Å². The van der Waals surface area contributed by atoms with Crippen molar-refractivity contribution in [2.45, 2.75) is 279 Å². The van der Waals surface area contributed by atoms with Gasteiger partial charge in [-0.3, -0.25) is 14.4 Å². The number of hydrogen-bond donors (Lipinski definition) is 0. The van der Waals surface area contributed by atoms with E-state index in [4.69, 9.17) is 14.2 Å². The minimum atomic E-state index is -0.763. The van der Waals surface area contributed by atoms with Crippen LogP contribution in [0.4, 0.5) is 0 Å². The van der Waals surface area contributed by atoms with Gasteiger partial charge in [0.15, 0.2) is 6.10 Å². The van der Waals surface area contributed by atoms with E-state index in [1.165, 1.54) is 154 Å². The molecule has 0 aliphatic heterocycles. The van der Waals surface area contributed by atoms with Crippen molar-refractivity contribution in [3.05, 3.63) is 0 Å². The first kappa shape index (κ1) is 55.4. The Kier molecular flexibility index (Phi) is 41.3. The summed E-state index contributed by atoms with van der Waals surface area (Å²) in [6, 6.07) is 0. The number of ether oxygens (including phenoxy) is 3. The SMILES string of the molecule is CCC(C)CCCCCCCCC(=O)OC[C@@H](COC(=O)CCCCCCCCCCC(C)C)OC(=O)CCCCCCCCCCCCCCCCCC(C)C. The van der Waals surface area contributed by atoms with Gasteiger partial charge in [0.05, 0.1) is 0 Å². The van der Waals surface area contributed by atoms with Crippen LogP contribution < -0.4 is 0 Å². The van der Waals surface area contributed by atoms with E-state index in [1.807, 2.05) is 0 Å². The molecule has 338 valence electrons. The van der Waals surface area contributed by atoms with Gasteiger partial charge in [0.1, 0.15) is 13.2 Å². The van der Waals surface area contributed by atoms with Crippen LogP contribution in [0, 0.1) is 17.8 Å². The first-order valence-electron chi connectivity index (χ1n) is 25.1. The lowest BCUT2D eigenvalue weighted by Crippen LogP contribution is -2.30. The van der Waals surface area contributed by atoms with Gasteiger partial charge in [-0.1, -0.05) is 234 Å². The van der Waals surface area contributed by atoms with Gasteiger partial charge in [-0.25, -0.2) is 0 Å². The molecule has 0 N–H and O–H groups in total. The van der Waals surface area contributed by atoms with Crippen LogP contribution in [-0.4, -0.2) is 37.2 Å². The predicted molar refractivity (Wildman–Crippen MR) is 243 cm³/mol. The summed E-state index contributed by atoms with van der Waals surface area (Å²) in [5, 5.41) is 0. The highest BCUT2D eigenvalue weighted by Crippen LogP contribution is 2.18. The summed E-state index contributed by atoms with van der Waals surface area (Å²) in [6.45, 7) is 13.7. The zero-order valence-corrected chi connectivity index (χ0v) is 39.1. The number of unbranched alkanes of at least 4 members (excludes halogenated alkanes) is 26. The molecule has 0 radical (unpaired) electrons. The Morgan fingerprint density at radius 1 is 0.351 bits per heavy atom. The molecule has 0 saturated heterocycles. The van der Waals surface area contributed by atoms with Crippen molar-refractivity contribution < 1.29 is 28.6 Å². The van der Waals surface area contributed by atoms with E-state index in [0.717, 1.165) is 75.5 Å². The van der Waals surface area contributed by atoms with Gasteiger partial charge in [-0.15, -0.1) is 0 Å². The maximum Gasteiger partial charge on any atom is 0.306 e. The second kappa shape index (κ2) is 42.5. The average molecular weight is 807 g/mol. The standard InChI is InChI=1S/C51H98O6/c1-7-47(6)39-33-27-23-24-29-35-41-50(53)56-44-48(43-55-49(52)40-34-28-21-18-17-20-26-32-38-46(4)5)57-51(54)42-36-30-22-16-14-12-10-8-9-11-13-15-19-25-31-37-45(2)3/h45-48H,7-44H2,1-6H3/t47?,48-/m1/s1. The average Bonchev–Trinajstić information content (AvgIpc) is 3.18. The van der Waals surface area contributed by atoms with Crippen molar-refractivity contribution in [1.29, 1.82) is 0 Å².